The van der Waals surface area contributed by atoms with Crippen LogP contribution in [0.2, 0.25) is 0 Å². The molecule has 5 nitrogen and oxygen atoms in total. The zero-order chi connectivity index (χ0) is 28.8. The molecular weight excluding hydrogens is 538 g/mol. The first-order valence-corrected chi connectivity index (χ1v) is 14.8. The second kappa shape index (κ2) is 8.72. The predicted octanol–water partition coefficient (Wildman–Crippen LogP) is 9.50. The minimum Gasteiger partial charge on any atom is -0.297 e. The molecule has 0 saturated carbocycles. The molecule has 0 radical (unpaired) electrons. The van der Waals surface area contributed by atoms with Gasteiger partial charge in [0.2, 0.25) is 5.95 Å². The molecule has 204 valence electrons. The second-order valence-electron chi connectivity index (χ2n) is 11.3. The third-order valence-corrected chi connectivity index (χ3v) is 8.91. The summed E-state index contributed by atoms with van der Waals surface area (Å²) in [5.74, 6) is 0.645. The maximum absolute atomic E-state index is 5.37. The molecule has 10 aromatic rings. The van der Waals surface area contributed by atoms with E-state index in [1.807, 2.05) is 12.1 Å². The molecule has 0 aliphatic heterocycles. The number of fused-ring (bicyclic) bond motifs is 11. The van der Waals surface area contributed by atoms with Crippen molar-refractivity contribution in [1.82, 2.24) is 23.9 Å². The molecule has 0 atom stereocenters. The van der Waals surface area contributed by atoms with Crippen LogP contribution in [-0.2, 0) is 0 Å². The van der Waals surface area contributed by atoms with Crippen molar-refractivity contribution in [2.75, 3.05) is 0 Å². The molecule has 4 aromatic heterocycles. The molecule has 0 aliphatic rings. The fourth-order valence-corrected chi connectivity index (χ4v) is 6.92. The molecule has 0 unspecified atom stereocenters. The monoisotopic (exact) mass is 561 g/mol. The van der Waals surface area contributed by atoms with Crippen molar-refractivity contribution in [3.63, 3.8) is 0 Å². The summed E-state index contributed by atoms with van der Waals surface area (Å²) in [6.45, 7) is 0. The maximum atomic E-state index is 5.37. The van der Waals surface area contributed by atoms with Gasteiger partial charge in [0.05, 0.1) is 33.3 Å². The van der Waals surface area contributed by atoms with Gasteiger partial charge in [-0.15, -0.1) is 0 Å². The highest BCUT2D eigenvalue weighted by atomic mass is 15.2. The van der Waals surface area contributed by atoms with E-state index in [-0.39, 0.29) is 0 Å². The van der Waals surface area contributed by atoms with Crippen LogP contribution >= 0.6 is 0 Å². The van der Waals surface area contributed by atoms with Crippen LogP contribution in [0.3, 0.4) is 0 Å². The molecular formula is C39H23N5. The Hall–Kier alpha value is -6.07. The number of hydrogen-bond acceptors (Lipinski definition) is 3. The zero-order valence-corrected chi connectivity index (χ0v) is 23.5. The van der Waals surface area contributed by atoms with Crippen LogP contribution in [0, 0.1) is 0 Å². The minimum absolute atomic E-state index is 0.645. The van der Waals surface area contributed by atoms with Crippen molar-refractivity contribution in [1.29, 1.82) is 0 Å². The number of hydrogen-bond donors (Lipinski definition) is 0. The molecule has 0 spiro atoms. The lowest BCUT2D eigenvalue weighted by atomic mass is 10.0. The molecule has 5 heteroatoms. The van der Waals surface area contributed by atoms with E-state index in [0.29, 0.717) is 5.95 Å². The Morgan fingerprint density at radius 3 is 2.09 bits per heavy atom. The van der Waals surface area contributed by atoms with Gasteiger partial charge in [-0.05, 0) is 46.5 Å². The average molecular weight is 562 g/mol. The molecule has 44 heavy (non-hydrogen) atoms. The van der Waals surface area contributed by atoms with Crippen molar-refractivity contribution in [3.8, 4) is 17.2 Å². The van der Waals surface area contributed by atoms with Gasteiger partial charge in [0.25, 0.3) is 0 Å². The van der Waals surface area contributed by atoms with Crippen molar-refractivity contribution in [3.05, 3.63) is 140 Å². The van der Waals surface area contributed by atoms with Crippen LogP contribution in [0.4, 0.5) is 0 Å². The molecule has 0 fully saturated rings. The van der Waals surface area contributed by atoms with Gasteiger partial charge in [-0.1, -0.05) is 103 Å². The van der Waals surface area contributed by atoms with E-state index in [9.17, 15) is 0 Å². The fraction of sp³-hybridized carbons (Fsp3) is 0. The Morgan fingerprint density at radius 1 is 0.477 bits per heavy atom. The summed E-state index contributed by atoms with van der Waals surface area (Å²) in [6.07, 6.45) is 2.20. The van der Waals surface area contributed by atoms with E-state index in [2.05, 4.69) is 136 Å². The summed E-state index contributed by atoms with van der Waals surface area (Å²) in [5.41, 5.74) is 7.98. The van der Waals surface area contributed by atoms with Gasteiger partial charge in [0, 0.05) is 33.3 Å². The number of imidazole rings is 1. The van der Waals surface area contributed by atoms with Gasteiger partial charge >= 0.3 is 0 Å². The summed E-state index contributed by atoms with van der Waals surface area (Å²) < 4.78 is 4.42. The van der Waals surface area contributed by atoms with Crippen LogP contribution in [0.5, 0.6) is 0 Å². The normalized spacial score (nSPS) is 12.1. The number of nitrogens with zero attached hydrogens (tertiary/aromatic N) is 5. The molecule has 0 N–H and O–H groups in total. The first-order valence-electron chi connectivity index (χ1n) is 14.8. The lowest BCUT2D eigenvalue weighted by Crippen LogP contribution is -2.04. The van der Waals surface area contributed by atoms with Crippen LogP contribution in [0.1, 0.15) is 0 Å². The number of aromatic nitrogens is 5. The molecule has 0 bridgehead atoms. The Labute approximate surface area is 251 Å². The standard InChI is InChI=1S/C39H23N5/c1-2-12-26(13-3-1)37-29-20-18-25-11-5-7-15-28(25)38(29)42-39(41-37)44-33-21-19-24-10-4-6-14-27(24)36(33)30-22-35-40-31-16-8-9-17-32(31)43(35)23-34(30)44/h1-23H. The number of para-hydroxylation sites is 2. The zero-order valence-electron chi connectivity index (χ0n) is 23.5. The summed E-state index contributed by atoms with van der Waals surface area (Å²) in [7, 11) is 0. The molecule has 10 rings (SSSR count). The highest BCUT2D eigenvalue weighted by Crippen LogP contribution is 2.39. The SMILES string of the molecule is c1ccc(-c2nc(-n3c4cn5c(cc4c4c6ccccc6ccc43)nc3ccccc35)nc3c2ccc2ccccc23)cc1. The Kier molecular flexibility index (Phi) is 4.66. The van der Waals surface area contributed by atoms with Crippen LogP contribution in [0.25, 0.3) is 88.1 Å². The third kappa shape index (κ3) is 3.21. The van der Waals surface area contributed by atoms with Crippen molar-refractivity contribution < 1.29 is 0 Å². The number of benzene rings is 6. The topological polar surface area (TPSA) is 48.0 Å². The fourth-order valence-electron chi connectivity index (χ4n) is 6.92. The first kappa shape index (κ1) is 23.5. The third-order valence-electron chi connectivity index (χ3n) is 8.91. The van der Waals surface area contributed by atoms with E-state index in [1.165, 1.54) is 16.2 Å². The molecule has 0 amide bonds. The smallest absolute Gasteiger partial charge is 0.235 e. The van der Waals surface area contributed by atoms with Crippen molar-refractivity contribution >= 4 is 70.9 Å². The lowest BCUT2D eigenvalue weighted by Gasteiger charge is -2.13. The summed E-state index contributed by atoms with van der Waals surface area (Å²) >= 11 is 0. The molecule has 4 heterocycles. The molecule has 0 saturated heterocycles. The van der Waals surface area contributed by atoms with Crippen LogP contribution in [-0.4, -0.2) is 23.9 Å². The number of rotatable bonds is 2. The maximum Gasteiger partial charge on any atom is 0.235 e. The lowest BCUT2D eigenvalue weighted by molar-refractivity contribution is 1.01. The van der Waals surface area contributed by atoms with Crippen molar-refractivity contribution in [2.24, 2.45) is 0 Å². The van der Waals surface area contributed by atoms with Gasteiger partial charge in [-0.3, -0.25) is 8.97 Å². The first-order chi connectivity index (χ1) is 21.8. The summed E-state index contributed by atoms with van der Waals surface area (Å²) in [5, 5.41) is 8.00. The van der Waals surface area contributed by atoms with Gasteiger partial charge in [-0.25, -0.2) is 15.0 Å². The van der Waals surface area contributed by atoms with Gasteiger partial charge in [0.1, 0.15) is 5.65 Å². The second-order valence-corrected chi connectivity index (χ2v) is 11.3. The van der Waals surface area contributed by atoms with E-state index >= 15 is 0 Å². The van der Waals surface area contributed by atoms with Crippen molar-refractivity contribution in [2.45, 2.75) is 0 Å². The van der Waals surface area contributed by atoms with Gasteiger partial charge < -0.3 is 0 Å². The van der Waals surface area contributed by atoms with E-state index in [0.717, 1.165) is 66.0 Å². The summed E-state index contributed by atoms with van der Waals surface area (Å²) in [4.78, 5) is 15.7. The Balaban J connectivity index is 1.42. The van der Waals surface area contributed by atoms with Crippen LogP contribution in [0.15, 0.2) is 140 Å². The van der Waals surface area contributed by atoms with Gasteiger partial charge in [0.15, 0.2) is 0 Å². The highest BCUT2D eigenvalue weighted by Gasteiger charge is 2.21. The largest absolute Gasteiger partial charge is 0.297 e. The highest BCUT2D eigenvalue weighted by molar-refractivity contribution is 6.22. The van der Waals surface area contributed by atoms with E-state index in [4.69, 9.17) is 15.0 Å². The number of pyridine rings is 1. The van der Waals surface area contributed by atoms with E-state index in [1.54, 1.807) is 0 Å². The average Bonchev–Trinajstić information content (AvgIpc) is 3.62. The molecule has 0 aliphatic carbocycles. The van der Waals surface area contributed by atoms with Crippen LogP contribution < -0.4 is 0 Å². The minimum atomic E-state index is 0.645. The van der Waals surface area contributed by atoms with E-state index < -0.39 is 0 Å². The Bertz CT molecular complexity index is 2770. The predicted molar refractivity (Wildman–Crippen MR) is 181 cm³/mol. The Morgan fingerprint density at radius 2 is 1.20 bits per heavy atom. The summed E-state index contributed by atoms with van der Waals surface area (Å²) in [6, 6.07) is 46.7. The quantitative estimate of drug-likeness (QED) is 0.198. The molecule has 6 aromatic carbocycles. The van der Waals surface area contributed by atoms with Gasteiger partial charge in [-0.2, -0.15) is 0 Å².